The molecule has 1 aliphatic carbocycles. The summed E-state index contributed by atoms with van der Waals surface area (Å²) in [6.07, 6.45) is 0.0180. The smallest absolute Gasteiger partial charge is 0.237 e. The number of amides is 1. The van der Waals surface area contributed by atoms with Crippen LogP contribution in [0.15, 0.2) is 0 Å². The van der Waals surface area contributed by atoms with Crippen LogP contribution in [0.5, 0.6) is 0 Å². The quantitative estimate of drug-likeness (QED) is 0.760. The lowest BCUT2D eigenvalue weighted by atomic mass is 10.1. The van der Waals surface area contributed by atoms with Crippen LogP contribution in [-0.2, 0) is 4.79 Å². The molecular formula is C10H15Cl2FN2O. The highest BCUT2D eigenvalue weighted by molar-refractivity contribution is 6.50. The molecule has 4 atom stereocenters. The van der Waals surface area contributed by atoms with Gasteiger partial charge in [0.15, 0.2) is 0 Å². The molecule has 3 nitrogen and oxygen atoms in total. The van der Waals surface area contributed by atoms with Crippen LogP contribution in [0.2, 0.25) is 0 Å². The maximum Gasteiger partial charge on any atom is 0.237 e. The molecule has 1 unspecified atom stereocenters. The molecule has 0 aromatic carbocycles. The van der Waals surface area contributed by atoms with Crippen molar-refractivity contribution in [2.24, 2.45) is 5.92 Å². The van der Waals surface area contributed by atoms with Gasteiger partial charge < -0.3 is 10.6 Å². The molecular weight excluding hydrogens is 254 g/mol. The number of carbonyl (C=O) groups is 1. The monoisotopic (exact) mass is 268 g/mol. The van der Waals surface area contributed by atoms with Crippen molar-refractivity contribution in [1.82, 2.24) is 10.6 Å². The van der Waals surface area contributed by atoms with Gasteiger partial charge in [0.05, 0.1) is 6.04 Å². The summed E-state index contributed by atoms with van der Waals surface area (Å²) in [5, 5.41) is 5.66. The number of halogens is 3. The predicted octanol–water partition coefficient (Wildman–Crippen LogP) is 1.38. The summed E-state index contributed by atoms with van der Waals surface area (Å²) < 4.78 is 12.2. The maximum atomic E-state index is 12.9. The number of hydrogen-bond donors (Lipinski definition) is 2. The number of alkyl halides is 3. The van der Waals surface area contributed by atoms with E-state index in [0.717, 1.165) is 0 Å². The standard InChI is InChI=1S/C10H15Cl2FN2O/c1-5(7-3-10(7,11)12)15-9(16)8-2-6(13)4-14-8/h5-8,14H,2-4H2,1H3,(H,15,16)/t5?,6-,7-,8+/m1/s1. The van der Waals surface area contributed by atoms with Crippen molar-refractivity contribution in [2.75, 3.05) is 6.54 Å². The molecule has 0 aromatic heterocycles. The number of nitrogens with one attached hydrogen (secondary N) is 2. The first kappa shape index (κ1) is 12.4. The fourth-order valence-electron chi connectivity index (χ4n) is 2.09. The minimum Gasteiger partial charge on any atom is -0.352 e. The minimum absolute atomic E-state index is 0.0667. The fraction of sp³-hybridized carbons (Fsp3) is 0.900. The molecule has 0 spiro atoms. The molecule has 2 fully saturated rings. The van der Waals surface area contributed by atoms with E-state index in [1.54, 1.807) is 0 Å². The minimum atomic E-state index is -0.924. The molecule has 2 N–H and O–H groups in total. The molecule has 16 heavy (non-hydrogen) atoms. The van der Waals surface area contributed by atoms with E-state index in [-0.39, 0.29) is 30.8 Å². The Kier molecular flexibility index (Phi) is 3.34. The average Bonchev–Trinajstić information content (AvgIpc) is 2.62. The maximum absolute atomic E-state index is 12.9. The van der Waals surface area contributed by atoms with Gasteiger partial charge in [-0.3, -0.25) is 4.79 Å². The zero-order valence-electron chi connectivity index (χ0n) is 8.97. The molecule has 1 amide bonds. The molecule has 1 heterocycles. The van der Waals surface area contributed by atoms with E-state index >= 15 is 0 Å². The van der Waals surface area contributed by atoms with Crippen LogP contribution in [-0.4, -0.2) is 35.0 Å². The number of rotatable bonds is 3. The largest absolute Gasteiger partial charge is 0.352 e. The van der Waals surface area contributed by atoms with E-state index in [1.807, 2.05) is 6.92 Å². The lowest BCUT2D eigenvalue weighted by Gasteiger charge is -2.17. The van der Waals surface area contributed by atoms with Gasteiger partial charge in [-0.1, -0.05) is 0 Å². The Morgan fingerprint density at radius 1 is 1.62 bits per heavy atom. The predicted molar refractivity (Wildman–Crippen MR) is 61.5 cm³/mol. The van der Waals surface area contributed by atoms with Gasteiger partial charge in [0.25, 0.3) is 0 Å². The third kappa shape index (κ3) is 2.60. The zero-order chi connectivity index (χ0) is 11.9. The lowest BCUT2D eigenvalue weighted by molar-refractivity contribution is -0.123. The summed E-state index contributed by atoms with van der Waals surface area (Å²) >= 11 is 11.8. The third-order valence-corrected chi connectivity index (χ3v) is 4.11. The van der Waals surface area contributed by atoms with Gasteiger partial charge in [-0.2, -0.15) is 0 Å². The Morgan fingerprint density at radius 2 is 2.25 bits per heavy atom. The second-order valence-electron chi connectivity index (χ2n) is 4.66. The third-order valence-electron chi connectivity index (χ3n) is 3.24. The van der Waals surface area contributed by atoms with Gasteiger partial charge in [-0.05, 0) is 13.3 Å². The van der Waals surface area contributed by atoms with Crippen molar-refractivity contribution < 1.29 is 9.18 Å². The molecule has 0 bridgehead atoms. The average molecular weight is 269 g/mol. The SMILES string of the molecule is CC(NC(=O)[C@@H]1C[C@@H](F)CN1)[C@H]1CC1(Cl)Cl. The Labute approximate surface area is 104 Å². The molecule has 2 aliphatic rings. The van der Waals surface area contributed by atoms with Crippen molar-refractivity contribution >= 4 is 29.1 Å². The van der Waals surface area contributed by atoms with Gasteiger partial charge in [0, 0.05) is 24.9 Å². The molecule has 92 valence electrons. The highest BCUT2D eigenvalue weighted by Gasteiger charge is 2.54. The van der Waals surface area contributed by atoms with Crippen molar-refractivity contribution in [2.45, 2.75) is 42.4 Å². The number of hydrogen-bond acceptors (Lipinski definition) is 2. The van der Waals surface area contributed by atoms with Crippen LogP contribution in [0.4, 0.5) is 4.39 Å². The normalized spacial score (nSPS) is 38.1. The van der Waals surface area contributed by atoms with E-state index in [4.69, 9.17) is 23.2 Å². The summed E-state index contributed by atoms with van der Waals surface area (Å²) in [6.45, 7) is 2.13. The summed E-state index contributed by atoms with van der Waals surface area (Å²) in [5.74, 6) is -0.0638. The number of carbonyl (C=O) groups excluding carboxylic acids is 1. The first-order chi connectivity index (χ1) is 7.40. The van der Waals surface area contributed by atoms with Crippen LogP contribution < -0.4 is 10.6 Å². The lowest BCUT2D eigenvalue weighted by Crippen LogP contribution is -2.45. The zero-order valence-corrected chi connectivity index (χ0v) is 10.5. The van der Waals surface area contributed by atoms with E-state index < -0.39 is 16.5 Å². The van der Waals surface area contributed by atoms with Crippen molar-refractivity contribution in [3.8, 4) is 0 Å². The van der Waals surface area contributed by atoms with Crippen LogP contribution in [0.1, 0.15) is 19.8 Å². The fourth-order valence-corrected chi connectivity index (χ4v) is 2.81. The topological polar surface area (TPSA) is 41.1 Å². The molecule has 0 aromatic rings. The molecule has 6 heteroatoms. The highest BCUT2D eigenvalue weighted by atomic mass is 35.5. The highest BCUT2D eigenvalue weighted by Crippen LogP contribution is 2.54. The second kappa shape index (κ2) is 4.31. The Morgan fingerprint density at radius 3 is 2.69 bits per heavy atom. The summed E-state index contributed by atoms with van der Waals surface area (Å²) in [5.41, 5.74) is 0. The Balaban J connectivity index is 1.79. The van der Waals surface area contributed by atoms with Gasteiger partial charge in [-0.15, -0.1) is 23.2 Å². The van der Waals surface area contributed by atoms with Gasteiger partial charge >= 0.3 is 0 Å². The van der Waals surface area contributed by atoms with E-state index in [0.29, 0.717) is 6.42 Å². The van der Waals surface area contributed by atoms with E-state index in [1.165, 1.54) is 0 Å². The first-order valence-electron chi connectivity index (χ1n) is 5.46. The van der Waals surface area contributed by atoms with Crippen LogP contribution in [0.25, 0.3) is 0 Å². The van der Waals surface area contributed by atoms with Crippen molar-refractivity contribution in [3.05, 3.63) is 0 Å². The van der Waals surface area contributed by atoms with E-state index in [9.17, 15) is 9.18 Å². The van der Waals surface area contributed by atoms with E-state index in [2.05, 4.69) is 10.6 Å². The second-order valence-corrected chi connectivity index (χ2v) is 6.21. The van der Waals surface area contributed by atoms with Crippen LogP contribution in [0.3, 0.4) is 0 Å². The summed E-state index contributed by atoms with van der Waals surface area (Å²) in [7, 11) is 0. The van der Waals surface area contributed by atoms with Crippen LogP contribution in [0, 0.1) is 5.92 Å². The van der Waals surface area contributed by atoms with Gasteiger partial charge in [-0.25, -0.2) is 4.39 Å². The first-order valence-corrected chi connectivity index (χ1v) is 6.21. The van der Waals surface area contributed by atoms with Crippen molar-refractivity contribution in [1.29, 1.82) is 0 Å². The van der Waals surface area contributed by atoms with Crippen LogP contribution >= 0.6 is 23.2 Å². The summed E-state index contributed by atoms with van der Waals surface area (Å²) in [4.78, 5) is 11.7. The van der Waals surface area contributed by atoms with Crippen molar-refractivity contribution in [3.63, 3.8) is 0 Å². The van der Waals surface area contributed by atoms with Gasteiger partial charge in [0.1, 0.15) is 10.5 Å². The van der Waals surface area contributed by atoms with Gasteiger partial charge in [0.2, 0.25) is 5.91 Å². The molecule has 2 rings (SSSR count). The molecule has 1 saturated heterocycles. The molecule has 1 saturated carbocycles. The molecule has 0 radical (unpaired) electrons. The Hall–Kier alpha value is -0.0600. The Bertz CT molecular complexity index is 301. The molecule has 1 aliphatic heterocycles. The summed E-state index contributed by atoms with van der Waals surface area (Å²) in [6, 6.07) is -0.487.